The van der Waals surface area contributed by atoms with Crippen LogP contribution in [0.1, 0.15) is 26.3 Å². The molecule has 1 atom stereocenters. The highest BCUT2D eigenvalue weighted by Gasteiger charge is 2.22. The molecule has 0 saturated heterocycles. The normalized spacial score (nSPS) is 12.6. The molecule has 1 heterocycles. The maximum Gasteiger partial charge on any atom is 0.329 e. The quantitative estimate of drug-likeness (QED) is 0.801. The Labute approximate surface area is 109 Å². The summed E-state index contributed by atoms with van der Waals surface area (Å²) in [5, 5.41) is 0. The minimum atomic E-state index is -0.965. The average molecular weight is 268 g/mol. The third-order valence-corrected chi connectivity index (χ3v) is 2.90. The van der Waals surface area contributed by atoms with E-state index >= 15 is 0 Å². The SMILES string of the molecule is CCOC(=O)C(CC)n1cnc2cc(F)c(F)cc21. The summed E-state index contributed by atoms with van der Waals surface area (Å²) in [6.45, 7) is 3.80. The van der Waals surface area contributed by atoms with Crippen molar-refractivity contribution in [3.8, 4) is 0 Å². The van der Waals surface area contributed by atoms with E-state index in [-0.39, 0.29) is 6.61 Å². The van der Waals surface area contributed by atoms with Gasteiger partial charge in [-0.1, -0.05) is 6.92 Å². The van der Waals surface area contributed by atoms with Crippen LogP contribution in [0.25, 0.3) is 11.0 Å². The summed E-state index contributed by atoms with van der Waals surface area (Å²) in [7, 11) is 0. The summed E-state index contributed by atoms with van der Waals surface area (Å²) in [5.74, 6) is -2.33. The van der Waals surface area contributed by atoms with Gasteiger partial charge in [0.25, 0.3) is 0 Å². The second-order valence-corrected chi connectivity index (χ2v) is 4.08. The summed E-state index contributed by atoms with van der Waals surface area (Å²) in [4.78, 5) is 15.8. The number of nitrogens with zero attached hydrogens (tertiary/aromatic N) is 2. The Balaban J connectivity index is 2.49. The molecule has 0 spiro atoms. The number of carbonyl (C=O) groups excluding carboxylic acids is 1. The number of hydrogen-bond donors (Lipinski definition) is 0. The average Bonchev–Trinajstić information content (AvgIpc) is 2.75. The first-order valence-electron chi connectivity index (χ1n) is 6.06. The third kappa shape index (κ3) is 2.43. The number of esters is 1. The van der Waals surface area contributed by atoms with E-state index in [9.17, 15) is 13.6 Å². The van der Waals surface area contributed by atoms with Gasteiger partial charge in [-0.15, -0.1) is 0 Å². The van der Waals surface area contributed by atoms with Gasteiger partial charge in [-0.05, 0) is 13.3 Å². The Kier molecular flexibility index (Phi) is 3.78. The van der Waals surface area contributed by atoms with Crippen molar-refractivity contribution in [1.82, 2.24) is 9.55 Å². The van der Waals surface area contributed by atoms with E-state index in [1.807, 2.05) is 6.92 Å². The first-order chi connectivity index (χ1) is 9.08. The van der Waals surface area contributed by atoms with Crippen LogP contribution in [-0.4, -0.2) is 22.1 Å². The van der Waals surface area contributed by atoms with E-state index in [4.69, 9.17) is 4.74 Å². The molecule has 0 aliphatic carbocycles. The van der Waals surface area contributed by atoms with Crippen molar-refractivity contribution >= 4 is 17.0 Å². The molecule has 0 radical (unpaired) electrons. The number of imidazole rings is 1. The molecule has 0 aliphatic rings. The van der Waals surface area contributed by atoms with Gasteiger partial charge in [-0.25, -0.2) is 18.6 Å². The highest BCUT2D eigenvalue weighted by atomic mass is 19.2. The Morgan fingerprint density at radius 3 is 2.68 bits per heavy atom. The molecule has 0 amide bonds. The van der Waals surface area contributed by atoms with Crippen LogP contribution in [0.4, 0.5) is 8.78 Å². The number of aromatic nitrogens is 2. The lowest BCUT2D eigenvalue weighted by Gasteiger charge is -2.15. The summed E-state index contributed by atoms with van der Waals surface area (Å²) >= 11 is 0. The lowest BCUT2D eigenvalue weighted by molar-refractivity contribution is -0.147. The topological polar surface area (TPSA) is 44.1 Å². The summed E-state index contributed by atoms with van der Waals surface area (Å²) < 4.78 is 32.9. The molecule has 19 heavy (non-hydrogen) atoms. The fourth-order valence-corrected chi connectivity index (χ4v) is 1.99. The predicted octanol–water partition coefficient (Wildman–Crippen LogP) is 2.83. The number of fused-ring (bicyclic) bond motifs is 1. The van der Waals surface area contributed by atoms with Crippen LogP contribution in [0, 0.1) is 11.6 Å². The predicted molar refractivity (Wildman–Crippen MR) is 65.6 cm³/mol. The summed E-state index contributed by atoms with van der Waals surface area (Å²) in [5.41, 5.74) is 0.681. The smallest absolute Gasteiger partial charge is 0.329 e. The van der Waals surface area contributed by atoms with Crippen LogP contribution in [0.3, 0.4) is 0 Å². The first kappa shape index (κ1) is 13.5. The van der Waals surface area contributed by atoms with Crippen molar-refractivity contribution in [2.24, 2.45) is 0 Å². The molecule has 0 saturated carbocycles. The molecule has 0 fully saturated rings. The van der Waals surface area contributed by atoms with Crippen molar-refractivity contribution in [2.75, 3.05) is 6.61 Å². The zero-order valence-electron chi connectivity index (χ0n) is 10.7. The Bertz CT molecular complexity index is 610. The van der Waals surface area contributed by atoms with Gasteiger partial charge in [-0.3, -0.25) is 0 Å². The van der Waals surface area contributed by atoms with Crippen LogP contribution in [0.15, 0.2) is 18.5 Å². The second kappa shape index (κ2) is 5.34. The second-order valence-electron chi connectivity index (χ2n) is 4.08. The van der Waals surface area contributed by atoms with Gasteiger partial charge < -0.3 is 9.30 Å². The zero-order valence-corrected chi connectivity index (χ0v) is 10.7. The maximum absolute atomic E-state index is 13.3. The molecule has 2 aromatic rings. The van der Waals surface area contributed by atoms with Gasteiger partial charge in [0.15, 0.2) is 11.6 Å². The number of ether oxygens (including phenoxy) is 1. The van der Waals surface area contributed by atoms with Crippen LogP contribution < -0.4 is 0 Å². The lowest BCUT2D eigenvalue weighted by Crippen LogP contribution is -2.20. The van der Waals surface area contributed by atoms with E-state index < -0.39 is 23.6 Å². The highest BCUT2D eigenvalue weighted by molar-refractivity contribution is 5.80. The minimum absolute atomic E-state index is 0.269. The van der Waals surface area contributed by atoms with Gasteiger partial charge in [0.05, 0.1) is 24.0 Å². The van der Waals surface area contributed by atoms with Gasteiger partial charge >= 0.3 is 5.97 Å². The van der Waals surface area contributed by atoms with Crippen molar-refractivity contribution in [1.29, 1.82) is 0 Å². The molecule has 1 aromatic heterocycles. The number of hydrogen-bond acceptors (Lipinski definition) is 3. The molecule has 102 valence electrons. The number of carbonyl (C=O) groups is 1. The number of halogens is 2. The number of rotatable bonds is 4. The summed E-state index contributed by atoms with van der Waals surface area (Å²) in [6, 6.07) is 1.47. The Hall–Kier alpha value is -1.98. The van der Waals surface area contributed by atoms with Crippen molar-refractivity contribution in [3.63, 3.8) is 0 Å². The van der Waals surface area contributed by atoms with Gasteiger partial charge in [0.2, 0.25) is 0 Å². The van der Waals surface area contributed by atoms with Crippen molar-refractivity contribution in [2.45, 2.75) is 26.3 Å². The van der Waals surface area contributed by atoms with E-state index in [1.54, 1.807) is 6.92 Å². The van der Waals surface area contributed by atoms with E-state index in [2.05, 4.69) is 4.98 Å². The molecule has 2 rings (SSSR count). The minimum Gasteiger partial charge on any atom is -0.464 e. The first-order valence-corrected chi connectivity index (χ1v) is 6.06. The van der Waals surface area contributed by atoms with E-state index in [0.29, 0.717) is 17.5 Å². The molecule has 0 bridgehead atoms. The molecule has 0 aliphatic heterocycles. The highest BCUT2D eigenvalue weighted by Crippen LogP contribution is 2.23. The van der Waals surface area contributed by atoms with Crippen LogP contribution >= 0.6 is 0 Å². The molecule has 1 unspecified atom stereocenters. The van der Waals surface area contributed by atoms with E-state index in [0.717, 1.165) is 12.1 Å². The van der Waals surface area contributed by atoms with E-state index in [1.165, 1.54) is 10.9 Å². The molecular formula is C13H14F2N2O2. The van der Waals surface area contributed by atoms with Crippen LogP contribution in [0.2, 0.25) is 0 Å². The van der Waals surface area contributed by atoms with Gasteiger partial charge in [0.1, 0.15) is 6.04 Å². The molecule has 1 aromatic carbocycles. The third-order valence-electron chi connectivity index (χ3n) is 2.90. The largest absolute Gasteiger partial charge is 0.464 e. The van der Waals surface area contributed by atoms with Crippen LogP contribution in [-0.2, 0) is 9.53 Å². The van der Waals surface area contributed by atoms with Crippen LogP contribution in [0.5, 0.6) is 0 Å². The monoisotopic (exact) mass is 268 g/mol. The lowest BCUT2D eigenvalue weighted by atomic mass is 10.2. The van der Waals surface area contributed by atoms with Gasteiger partial charge in [-0.2, -0.15) is 0 Å². The Morgan fingerprint density at radius 2 is 2.05 bits per heavy atom. The van der Waals surface area contributed by atoms with Crippen molar-refractivity contribution in [3.05, 3.63) is 30.1 Å². The molecule has 0 N–H and O–H groups in total. The van der Waals surface area contributed by atoms with Gasteiger partial charge in [0, 0.05) is 12.1 Å². The molecule has 4 nitrogen and oxygen atoms in total. The standard InChI is InChI=1S/C13H14F2N2O2/c1-3-11(13(18)19-4-2)17-7-16-10-5-8(14)9(15)6-12(10)17/h5-7,11H,3-4H2,1-2H3. The molecular weight excluding hydrogens is 254 g/mol. The maximum atomic E-state index is 13.3. The fourth-order valence-electron chi connectivity index (χ4n) is 1.99. The fraction of sp³-hybridized carbons (Fsp3) is 0.385. The Morgan fingerprint density at radius 1 is 1.37 bits per heavy atom. The van der Waals surface area contributed by atoms with Crippen molar-refractivity contribution < 1.29 is 18.3 Å². The summed E-state index contributed by atoms with van der Waals surface area (Å²) in [6.07, 6.45) is 1.87. The zero-order chi connectivity index (χ0) is 14.0. The number of benzene rings is 1. The molecule has 6 heteroatoms.